The molecule has 4 N–H and O–H groups in total. The Labute approximate surface area is 128 Å². The van der Waals surface area contributed by atoms with Gasteiger partial charge in [-0.25, -0.2) is 5.43 Å². The van der Waals surface area contributed by atoms with Gasteiger partial charge < -0.3 is 20.5 Å². The Bertz CT molecular complexity index is 596. The van der Waals surface area contributed by atoms with Crippen molar-refractivity contribution in [3.63, 3.8) is 0 Å². The molecule has 1 aromatic carbocycles. The smallest absolute Gasteiger partial charge is 0.240 e. The first-order valence-corrected chi connectivity index (χ1v) is 7.39. The minimum atomic E-state index is -0.289. The molecule has 22 heavy (non-hydrogen) atoms. The van der Waals surface area contributed by atoms with E-state index in [4.69, 9.17) is 10.5 Å². The molecule has 0 radical (unpaired) electrons. The van der Waals surface area contributed by atoms with E-state index < -0.39 is 0 Å². The van der Waals surface area contributed by atoms with Crippen molar-refractivity contribution in [1.29, 1.82) is 0 Å². The molecule has 1 atom stereocenters. The quantitative estimate of drug-likeness (QED) is 0.679. The average Bonchev–Trinajstić information content (AvgIpc) is 2.55. The lowest BCUT2D eigenvalue weighted by atomic mass is 9.92. The molecule has 1 amide bonds. The zero-order valence-electron chi connectivity index (χ0n) is 12.3. The van der Waals surface area contributed by atoms with Crippen molar-refractivity contribution < 1.29 is 14.6 Å². The van der Waals surface area contributed by atoms with Crippen molar-refractivity contribution in [2.24, 2.45) is 11.0 Å². The molecular formula is C15H20N4O3. The van der Waals surface area contributed by atoms with Gasteiger partial charge in [0.1, 0.15) is 0 Å². The molecule has 0 aromatic heterocycles. The molecule has 7 heteroatoms. The zero-order chi connectivity index (χ0) is 15.5. The van der Waals surface area contributed by atoms with Crippen LogP contribution in [0.3, 0.4) is 0 Å². The molecule has 1 fully saturated rings. The Morgan fingerprint density at radius 2 is 2.18 bits per heavy atom. The van der Waals surface area contributed by atoms with Crippen LogP contribution in [0.25, 0.3) is 0 Å². The van der Waals surface area contributed by atoms with Crippen molar-refractivity contribution in [2.45, 2.75) is 6.42 Å². The van der Waals surface area contributed by atoms with E-state index in [1.165, 1.54) is 0 Å². The summed E-state index contributed by atoms with van der Waals surface area (Å²) in [5.74, 6) is -0.469. The summed E-state index contributed by atoms with van der Waals surface area (Å²) < 4.78 is 5.35. The number of hydrazone groups is 1. The summed E-state index contributed by atoms with van der Waals surface area (Å²) >= 11 is 0. The van der Waals surface area contributed by atoms with Gasteiger partial charge in [-0.15, -0.1) is 0 Å². The number of aliphatic hydroxyl groups is 1. The first-order valence-electron chi connectivity index (χ1n) is 7.39. The lowest BCUT2D eigenvalue weighted by Gasteiger charge is -2.30. The lowest BCUT2D eigenvalue weighted by molar-refractivity contribution is -0.122. The van der Waals surface area contributed by atoms with Crippen LogP contribution in [-0.4, -0.2) is 49.6 Å². The average molecular weight is 304 g/mol. The van der Waals surface area contributed by atoms with Crippen molar-refractivity contribution in [2.75, 3.05) is 43.5 Å². The maximum Gasteiger partial charge on any atom is 0.240 e. The second kappa shape index (κ2) is 6.33. The van der Waals surface area contributed by atoms with Crippen LogP contribution in [0, 0.1) is 5.92 Å². The van der Waals surface area contributed by atoms with E-state index in [1.54, 1.807) is 0 Å². The number of carbonyl (C=O) groups is 1. The Balaban J connectivity index is 1.86. The number of rotatable bonds is 3. The highest BCUT2D eigenvalue weighted by atomic mass is 16.5. The molecule has 3 rings (SSSR count). The molecule has 0 aliphatic carbocycles. The summed E-state index contributed by atoms with van der Waals surface area (Å²) in [7, 11) is 0. The molecule has 0 bridgehead atoms. The van der Waals surface area contributed by atoms with Crippen LogP contribution in [0.15, 0.2) is 23.3 Å². The lowest BCUT2D eigenvalue weighted by Crippen LogP contribution is -2.37. The number of aliphatic hydroxyl groups excluding tert-OH is 1. The van der Waals surface area contributed by atoms with Crippen molar-refractivity contribution in [1.82, 2.24) is 5.43 Å². The Morgan fingerprint density at radius 1 is 1.41 bits per heavy atom. The van der Waals surface area contributed by atoms with Crippen molar-refractivity contribution in [3.8, 4) is 0 Å². The Hall–Kier alpha value is -2.12. The Kier molecular flexibility index (Phi) is 4.26. The van der Waals surface area contributed by atoms with Gasteiger partial charge in [0.25, 0.3) is 0 Å². The van der Waals surface area contributed by atoms with E-state index in [-0.39, 0.29) is 24.9 Å². The van der Waals surface area contributed by atoms with Crippen LogP contribution >= 0.6 is 0 Å². The van der Waals surface area contributed by atoms with Gasteiger partial charge in [0.05, 0.1) is 36.9 Å². The van der Waals surface area contributed by atoms with Gasteiger partial charge >= 0.3 is 0 Å². The first-order chi connectivity index (χ1) is 10.7. The number of carbonyl (C=O) groups excluding carboxylic acids is 1. The molecule has 118 valence electrons. The number of hydrogen-bond donors (Lipinski definition) is 3. The van der Waals surface area contributed by atoms with E-state index in [0.717, 1.165) is 24.3 Å². The molecule has 2 aliphatic rings. The molecular weight excluding hydrogens is 284 g/mol. The van der Waals surface area contributed by atoms with Gasteiger partial charge in [-0.2, -0.15) is 5.10 Å². The van der Waals surface area contributed by atoms with Gasteiger partial charge in [-0.1, -0.05) is 6.07 Å². The molecule has 2 aliphatic heterocycles. The maximum atomic E-state index is 11.4. The number of nitrogen functional groups attached to an aromatic ring is 1. The van der Waals surface area contributed by atoms with Crippen LogP contribution < -0.4 is 16.1 Å². The van der Waals surface area contributed by atoms with E-state index in [0.29, 0.717) is 24.6 Å². The summed E-state index contributed by atoms with van der Waals surface area (Å²) in [4.78, 5) is 13.6. The second-order valence-corrected chi connectivity index (χ2v) is 5.49. The van der Waals surface area contributed by atoms with Crippen molar-refractivity contribution >= 4 is 23.0 Å². The number of nitrogens with zero attached hydrogens (tertiary/aromatic N) is 2. The largest absolute Gasteiger partial charge is 0.397 e. The SMILES string of the molecule is Nc1cc(C2=NNC(=O)CC2CO)ccc1N1CCOCC1. The fourth-order valence-electron chi connectivity index (χ4n) is 2.84. The minimum Gasteiger partial charge on any atom is -0.397 e. The summed E-state index contributed by atoms with van der Waals surface area (Å²) in [6, 6.07) is 5.74. The number of benzene rings is 1. The predicted molar refractivity (Wildman–Crippen MR) is 83.8 cm³/mol. The summed E-state index contributed by atoms with van der Waals surface area (Å²) in [5, 5.41) is 13.5. The van der Waals surface area contributed by atoms with Gasteiger partial charge in [0.2, 0.25) is 5.91 Å². The number of anilines is 2. The van der Waals surface area contributed by atoms with Crippen LogP contribution in [0.2, 0.25) is 0 Å². The summed E-state index contributed by atoms with van der Waals surface area (Å²) in [6.45, 7) is 2.93. The molecule has 0 saturated carbocycles. The maximum absolute atomic E-state index is 11.4. The molecule has 0 spiro atoms. The number of nitrogens with one attached hydrogen (secondary N) is 1. The molecule has 1 unspecified atom stereocenters. The van der Waals surface area contributed by atoms with Crippen LogP contribution in [-0.2, 0) is 9.53 Å². The zero-order valence-corrected chi connectivity index (χ0v) is 12.3. The number of morpholine rings is 1. The summed E-state index contributed by atoms with van der Waals surface area (Å²) in [6.07, 6.45) is 0.237. The third-order valence-electron chi connectivity index (χ3n) is 4.02. The van der Waals surface area contributed by atoms with Gasteiger partial charge in [0.15, 0.2) is 0 Å². The van der Waals surface area contributed by atoms with Gasteiger partial charge in [-0.3, -0.25) is 4.79 Å². The third-order valence-corrected chi connectivity index (χ3v) is 4.02. The predicted octanol–water partition coefficient (Wildman–Crippen LogP) is -0.0621. The molecule has 2 heterocycles. The molecule has 1 aromatic rings. The first kappa shape index (κ1) is 14.8. The number of hydrogen-bond acceptors (Lipinski definition) is 6. The van der Waals surface area contributed by atoms with Gasteiger partial charge in [0, 0.05) is 31.0 Å². The minimum absolute atomic E-state index is 0.114. The summed E-state index contributed by atoms with van der Waals surface area (Å²) in [5.41, 5.74) is 11.8. The molecule has 7 nitrogen and oxygen atoms in total. The highest BCUT2D eigenvalue weighted by molar-refractivity contribution is 6.06. The van der Waals surface area contributed by atoms with Crippen LogP contribution in [0.1, 0.15) is 12.0 Å². The second-order valence-electron chi connectivity index (χ2n) is 5.49. The number of amides is 1. The van der Waals surface area contributed by atoms with E-state index in [1.807, 2.05) is 18.2 Å². The topological polar surface area (TPSA) is 100 Å². The number of ether oxygens (including phenoxy) is 1. The Morgan fingerprint density at radius 3 is 2.86 bits per heavy atom. The van der Waals surface area contributed by atoms with Crippen LogP contribution in [0.4, 0.5) is 11.4 Å². The standard InChI is InChI=1S/C15H20N4O3/c16-12-7-10(15-11(9-20)8-14(21)17-18-15)1-2-13(12)19-3-5-22-6-4-19/h1-2,7,11,20H,3-6,8-9,16H2,(H,17,21). The normalized spacial score (nSPS) is 22.2. The fourth-order valence-corrected chi connectivity index (χ4v) is 2.84. The van der Waals surface area contributed by atoms with Crippen molar-refractivity contribution in [3.05, 3.63) is 23.8 Å². The monoisotopic (exact) mass is 304 g/mol. The van der Waals surface area contributed by atoms with Gasteiger partial charge in [-0.05, 0) is 12.1 Å². The van der Waals surface area contributed by atoms with Crippen LogP contribution in [0.5, 0.6) is 0 Å². The number of nitrogens with two attached hydrogens (primary N) is 1. The van der Waals surface area contributed by atoms with E-state index in [9.17, 15) is 9.90 Å². The highest BCUT2D eigenvalue weighted by Gasteiger charge is 2.25. The fraction of sp³-hybridized carbons (Fsp3) is 0.467. The molecule has 1 saturated heterocycles. The highest BCUT2D eigenvalue weighted by Crippen LogP contribution is 2.27. The third kappa shape index (κ3) is 2.90. The van der Waals surface area contributed by atoms with E-state index in [2.05, 4.69) is 15.4 Å². The van der Waals surface area contributed by atoms with E-state index >= 15 is 0 Å².